The first-order valence-electron chi connectivity index (χ1n) is 7.34. The van der Waals surface area contributed by atoms with E-state index >= 15 is 0 Å². The van der Waals surface area contributed by atoms with Crippen molar-refractivity contribution < 1.29 is 23.7 Å². The summed E-state index contributed by atoms with van der Waals surface area (Å²) in [5.41, 5.74) is 3.15. The van der Waals surface area contributed by atoms with E-state index in [-0.39, 0.29) is 19.3 Å². The second kappa shape index (κ2) is 7.89. The minimum atomic E-state index is -0.390. The number of hydrogen-bond donors (Lipinski definition) is 1. The Bertz CT molecular complexity index is 810. The first-order chi connectivity index (χ1) is 12.2. The Balaban J connectivity index is 1.55. The van der Waals surface area contributed by atoms with Crippen molar-refractivity contribution in [2.45, 2.75) is 0 Å². The van der Waals surface area contributed by atoms with Crippen molar-refractivity contribution in [3.63, 3.8) is 0 Å². The van der Waals surface area contributed by atoms with E-state index in [0.717, 1.165) is 10.0 Å². The molecule has 1 aliphatic rings. The largest absolute Gasteiger partial charge is 0.493 e. The average molecular weight is 407 g/mol. The number of nitrogens with zero attached hydrogens (tertiary/aromatic N) is 1. The molecule has 2 aromatic rings. The lowest BCUT2D eigenvalue weighted by molar-refractivity contribution is -0.123. The van der Waals surface area contributed by atoms with Crippen molar-refractivity contribution in [2.24, 2.45) is 5.10 Å². The molecular formula is C17H15BrN2O5. The summed E-state index contributed by atoms with van der Waals surface area (Å²) in [7, 11) is 1.54. The third-order valence-corrected chi connectivity index (χ3v) is 4.00. The highest BCUT2D eigenvalue weighted by Crippen LogP contribution is 2.36. The summed E-state index contributed by atoms with van der Waals surface area (Å²) in [4.78, 5) is 11.8. The standard InChI is InChI=1S/C17H15BrN2O5/c1-22-13-4-2-3-5-14(13)23-9-17(21)20-19-8-11-6-15-16(7-12(11)18)25-10-24-15/h2-8H,9-10H2,1H3,(H,20,21)/b19-8-. The van der Waals surface area contributed by atoms with Crippen LogP contribution in [-0.2, 0) is 4.79 Å². The van der Waals surface area contributed by atoms with Gasteiger partial charge in [0, 0.05) is 10.0 Å². The van der Waals surface area contributed by atoms with E-state index < -0.39 is 0 Å². The fourth-order valence-electron chi connectivity index (χ4n) is 2.12. The summed E-state index contributed by atoms with van der Waals surface area (Å²) >= 11 is 3.42. The van der Waals surface area contributed by atoms with Gasteiger partial charge in [-0.15, -0.1) is 0 Å². The molecule has 1 amide bonds. The molecule has 0 bridgehead atoms. The van der Waals surface area contributed by atoms with Crippen LogP contribution in [0.4, 0.5) is 0 Å². The molecule has 0 saturated heterocycles. The van der Waals surface area contributed by atoms with Crippen LogP contribution in [0.3, 0.4) is 0 Å². The van der Waals surface area contributed by atoms with E-state index in [4.69, 9.17) is 18.9 Å². The molecule has 0 spiro atoms. The first-order valence-corrected chi connectivity index (χ1v) is 8.13. The number of fused-ring (bicyclic) bond motifs is 1. The zero-order valence-corrected chi connectivity index (χ0v) is 14.9. The maximum atomic E-state index is 11.8. The summed E-state index contributed by atoms with van der Waals surface area (Å²) < 4.78 is 21.9. The molecule has 0 atom stereocenters. The van der Waals surface area contributed by atoms with Gasteiger partial charge in [0.05, 0.1) is 13.3 Å². The number of benzene rings is 2. The van der Waals surface area contributed by atoms with Gasteiger partial charge in [0.2, 0.25) is 6.79 Å². The lowest BCUT2D eigenvalue weighted by atomic mass is 10.2. The normalized spacial score (nSPS) is 12.2. The van der Waals surface area contributed by atoms with Crippen molar-refractivity contribution in [1.29, 1.82) is 0 Å². The predicted molar refractivity (Wildman–Crippen MR) is 94.5 cm³/mol. The molecule has 1 heterocycles. The lowest BCUT2D eigenvalue weighted by Crippen LogP contribution is -2.24. The Morgan fingerprint density at radius 2 is 2.00 bits per heavy atom. The summed E-state index contributed by atoms with van der Waals surface area (Å²) in [6, 6.07) is 10.6. The summed E-state index contributed by atoms with van der Waals surface area (Å²) in [6.45, 7) is 0.0133. The lowest BCUT2D eigenvalue weighted by Gasteiger charge is -2.09. The molecule has 0 fully saturated rings. The molecule has 7 nitrogen and oxygen atoms in total. The number of methoxy groups -OCH3 is 1. The number of hydrogen-bond acceptors (Lipinski definition) is 6. The SMILES string of the molecule is COc1ccccc1OCC(=O)N/N=C\c1cc2c(cc1Br)OCO2. The Morgan fingerprint density at radius 1 is 1.28 bits per heavy atom. The van der Waals surface area contributed by atoms with Crippen molar-refractivity contribution in [3.05, 3.63) is 46.4 Å². The summed E-state index contributed by atoms with van der Waals surface area (Å²) in [5, 5.41) is 3.92. The minimum Gasteiger partial charge on any atom is -0.493 e. The van der Waals surface area contributed by atoms with Crippen LogP contribution in [0.25, 0.3) is 0 Å². The predicted octanol–water partition coefficient (Wildman–Crippen LogP) is 2.72. The molecule has 25 heavy (non-hydrogen) atoms. The molecule has 1 aliphatic heterocycles. The maximum absolute atomic E-state index is 11.8. The number of para-hydroxylation sites is 2. The molecule has 1 N–H and O–H groups in total. The van der Waals surface area contributed by atoms with Gasteiger partial charge in [-0.05, 0) is 40.2 Å². The van der Waals surface area contributed by atoms with Crippen molar-refractivity contribution in [1.82, 2.24) is 5.43 Å². The summed E-state index contributed by atoms with van der Waals surface area (Å²) in [5.74, 6) is 1.96. The van der Waals surface area contributed by atoms with E-state index in [1.165, 1.54) is 13.3 Å². The fraction of sp³-hybridized carbons (Fsp3) is 0.176. The fourth-order valence-corrected chi connectivity index (χ4v) is 2.54. The van der Waals surface area contributed by atoms with E-state index in [0.29, 0.717) is 23.0 Å². The number of nitrogens with one attached hydrogen (secondary N) is 1. The number of carbonyl (C=O) groups is 1. The first kappa shape index (κ1) is 17.1. The van der Waals surface area contributed by atoms with Gasteiger partial charge in [-0.1, -0.05) is 12.1 Å². The molecule has 8 heteroatoms. The molecule has 0 aromatic heterocycles. The van der Waals surface area contributed by atoms with Gasteiger partial charge in [0.25, 0.3) is 5.91 Å². The van der Waals surface area contributed by atoms with Gasteiger partial charge >= 0.3 is 0 Å². The van der Waals surface area contributed by atoms with Crippen molar-refractivity contribution >= 4 is 28.1 Å². The molecule has 0 aliphatic carbocycles. The van der Waals surface area contributed by atoms with Gasteiger partial charge < -0.3 is 18.9 Å². The van der Waals surface area contributed by atoms with E-state index in [1.807, 2.05) is 6.07 Å². The van der Waals surface area contributed by atoms with E-state index in [1.54, 1.807) is 30.3 Å². The minimum absolute atomic E-state index is 0.181. The number of rotatable bonds is 6. The number of ether oxygens (including phenoxy) is 4. The number of carbonyl (C=O) groups excluding carboxylic acids is 1. The van der Waals surface area contributed by atoms with Crippen LogP contribution in [0.1, 0.15) is 5.56 Å². The van der Waals surface area contributed by atoms with E-state index in [9.17, 15) is 4.79 Å². The van der Waals surface area contributed by atoms with Crippen LogP contribution >= 0.6 is 15.9 Å². The zero-order valence-electron chi connectivity index (χ0n) is 13.3. The number of amides is 1. The van der Waals surface area contributed by atoms with Gasteiger partial charge in [-0.2, -0.15) is 5.10 Å². The van der Waals surface area contributed by atoms with Crippen LogP contribution in [-0.4, -0.2) is 32.6 Å². The van der Waals surface area contributed by atoms with Gasteiger partial charge in [0.15, 0.2) is 29.6 Å². The van der Waals surface area contributed by atoms with Crippen molar-refractivity contribution in [3.8, 4) is 23.0 Å². The molecule has 0 unspecified atom stereocenters. The smallest absolute Gasteiger partial charge is 0.277 e. The monoisotopic (exact) mass is 406 g/mol. The highest BCUT2D eigenvalue weighted by molar-refractivity contribution is 9.10. The third-order valence-electron chi connectivity index (χ3n) is 3.31. The van der Waals surface area contributed by atoms with Gasteiger partial charge in [-0.3, -0.25) is 4.79 Å². The Morgan fingerprint density at radius 3 is 2.76 bits per heavy atom. The van der Waals surface area contributed by atoms with Crippen LogP contribution in [0.15, 0.2) is 46.0 Å². The van der Waals surface area contributed by atoms with Crippen molar-refractivity contribution in [2.75, 3.05) is 20.5 Å². The molecule has 0 saturated carbocycles. The van der Waals surface area contributed by atoms with Gasteiger partial charge in [0.1, 0.15) is 0 Å². The molecule has 2 aromatic carbocycles. The molecule has 130 valence electrons. The zero-order chi connectivity index (χ0) is 17.6. The second-order valence-corrected chi connectivity index (χ2v) is 5.81. The topological polar surface area (TPSA) is 78.4 Å². The molecule has 0 radical (unpaired) electrons. The van der Waals surface area contributed by atoms with Crippen LogP contribution in [0.2, 0.25) is 0 Å². The van der Waals surface area contributed by atoms with E-state index in [2.05, 4.69) is 26.5 Å². The maximum Gasteiger partial charge on any atom is 0.277 e. The van der Waals surface area contributed by atoms with Crippen LogP contribution < -0.4 is 24.4 Å². The average Bonchev–Trinajstić information content (AvgIpc) is 3.07. The quantitative estimate of drug-likeness (QED) is 0.589. The molecule has 3 rings (SSSR count). The second-order valence-electron chi connectivity index (χ2n) is 4.96. The van der Waals surface area contributed by atoms with Crippen LogP contribution in [0.5, 0.6) is 23.0 Å². The Hall–Kier alpha value is -2.74. The highest BCUT2D eigenvalue weighted by atomic mass is 79.9. The van der Waals surface area contributed by atoms with Crippen LogP contribution in [0, 0.1) is 0 Å². The summed E-state index contributed by atoms with van der Waals surface area (Å²) in [6.07, 6.45) is 1.51. The Kier molecular flexibility index (Phi) is 5.39. The Labute approximate surface area is 152 Å². The highest BCUT2D eigenvalue weighted by Gasteiger charge is 2.15. The number of hydrazone groups is 1. The molecular weight excluding hydrogens is 392 g/mol. The number of halogens is 1. The van der Waals surface area contributed by atoms with Gasteiger partial charge in [-0.25, -0.2) is 5.43 Å². The third kappa shape index (κ3) is 4.21.